The molecule has 3 N–H and O–H groups in total. The fraction of sp³-hybridized carbons (Fsp3) is 0.485. The van der Waals surface area contributed by atoms with Crippen molar-refractivity contribution in [3.05, 3.63) is 52.9 Å². The van der Waals surface area contributed by atoms with E-state index in [4.69, 9.17) is 29.5 Å². The highest BCUT2D eigenvalue weighted by Gasteiger charge is 2.39. The van der Waals surface area contributed by atoms with Gasteiger partial charge in [0.25, 0.3) is 10.0 Å². The number of carboxylic acid groups (broad SMARTS) is 2. The average molecular weight is 826 g/mol. The maximum atomic E-state index is 13.7. The van der Waals surface area contributed by atoms with Gasteiger partial charge in [0, 0.05) is 68.9 Å². The number of fused-ring (bicyclic) bond motifs is 1. The molecule has 1 aliphatic carbocycles. The largest absolute Gasteiger partial charge is 0.490 e. The number of ether oxygens (including phenoxy) is 1. The number of aromatic amines is 1. The van der Waals surface area contributed by atoms with Crippen molar-refractivity contribution < 1.29 is 59.3 Å². The minimum absolute atomic E-state index is 0.384. The molecule has 1 unspecified atom stereocenters. The van der Waals surface area contributed by atoms with Gasteiger partial charge in [0.15, 0.2) is 0 Å². The molecule has 5 heterocycles. The molecule has 1 saturated carbocycles. The fourth-order valence-electron chi connectivity index (χ4n) is 5.77. The molecule has 3 aromatic heterocycles. The number of sulfonamides is 1. The van der Waals surface area contributed by atoms with E-state index in [1.165, 1.54) is 29.1 Å². The molecule has 2 saturated heterocycles. The predicted octanol–water partition coefficient (Wildman–Crippen LogP) is 6.52. The second-order valence-electron chi connectivity index (χ2n) is 12.8. The number of hydrogen-bond acceptors (Lipinski definition) is 10. The van der Waals surface area contributed by atoms with Gasteiger partial charge in [-0.05, 0) is 55.2 Å². The lowest BCUT2D eigenvalue weighted by Gasteiger charge is -2.35. The lowest BCUT2D eigenvalue weighted by Crippen LogP contribution is -2.47. The highest BCUT2D eigenvalue weighted by molar-refractivity contribution is 7.94. The van der Waals surface area contributed by atoms with Crippen molar-refractivity contribution in [1.82, 2.24) is 19.8 Å². The number of piperazine rings is 1. The topological polar surface area (TPSA) is 156 Å². The molecule has 0 amide bonds. The van der Waals surface area contributed by atoms with Crippen LogP contribution in [0.25, 0.3) is 21.6 Å². The predicted molar refractivity (Wildman–Crippen MR) is 189 cm³/mol. The smallest absolute Gasteiger partial charge is 0.475 e. The van der Waals surface area contributed by atoms with E-state index in [-0.39, 0.29) is 0 Å². The number of anilines is 1. The average Bonchev–Trinajstić information content (AvgIpc) is 3.63. The van der Waals surface area contributed by atoms with Gasteiger partial charge < -0.3 is 19.9 Å². The molecule has 3 aliphatic rings. The number of thiophene rings is 1. The molecule has 1 aromatic carbocycles. The van der Waals surface area contributed by atoms with Gasteiger partial charge in [-0.25, -0.2) is 23.0 Å². The lowest BCUT2D eigenvalue weighted by atomic mass is 10.2. The Balaban J connectivity index is 0.000000342. The van der Waals surface area contributed by atoms with Gasteiger partial charge in [-0.3, -0.25) is 14.1 Å². The Kier molecular flexibility index (Phi) is 13.3. The number of aliphatic carboxylic acids is 2. The monoisotopic (exact) mass is 825 g/mol. The summed E-state index contributed by atoms with van der Waals surface area (Å²) in [5, 5.41) is 18.0. The van der Waals surface area contributed by atoms with Crippen LogP contribution in [0.2, 0.25) is 0 Å². The summed E-state index contributed by atoms with van der Waals surface area (Å²) in [4.78, 5) is 32.4. The first-order valence-corrected chi connectivity index (χ1v) is 19.8. The lowest BCUT2D eigenvalue weighted by molar-refractivity contribution is -0.193. The Bertz CT molecular complexity index is 1940. The first-order chi connectivity index (χ1) is 25.4. The molecule has 54 heavy (non-hydrogen) atoms. The van der Waals surface area contributed by atoms with E-state index in [0.29, 0.717) is 28.5 Å². The number of nitrogens with zero attached hydrogens (tertiary/aromatic N) is 4. The minimum Gasteiger partial charge on any atom is -0.475 e. The summed E-state index contributed by atoms with van der Waals surface area (Å²) in [7, 11) is -3.63. The number of H-pyrrole nitrogens is 1. The van der Waals surface area contributed by atoms with E-state index in [9.17, 15) is 34.8 Å². The maximum absolute atomic E-state index is 13.7. The summed E-state index contributed by atoms with van der Waals surface area (Å²) in [6.45, 7) is 7.69. The van der Waals surface area contributed by atoms with Crippen LogP contribution in [0, 0.1) is 5.92 Å². The standard InChI is InChI=1S/C29H35N5O3S3.2C2HF3O2/c35-40(36,27-7-3-15-38-27)34(18-21-8-9-21)26-6-1-4-22-16-25(31-28(22)26)29-30-17-24(39-29)20-33-12-10-32(11-13-33)19-23-5-2-14-37-23;2*3-2(4,5)1(6)7/h1,3-4,6-7,15-17,21,23,31H,2,5,8-14,18-20H2;2*(H,6,7). The number of para-hydroxylation sites is 1. The van der Waals surface area contributed by atoms with Crippen LogP contribution in [0.4, 0.5) is 32.0 Å². The van der Waals surface area contributed by atoms with Crippen LogP contribution >= 0.6 is 22.7 Å². The van der Waals surface area contributed by atoms with Crippen molar-refractivity contribution >= 4 is 61.2 Å². The normalized spacial score (nSPS) is 18.4. The number of carboxylic acids is 2. The van der Waals surface area contributed by atoms with E-state index in [1.54, 1.807) is 27.8 Å². The van der Waals surface area contributed by atoms with Crippen LogP contribution in [-0.2, 0) is 30.9 Å². The summed E-state index contributed by atoms with van der Waals surface area (Å²) < 4.78 is 98.6. The second-order valence-corrected chi connectivity index (χ2v) is 16.9. The summed E-state index contributed by atoms with van der Waals surface area (Å²) in [5.41, 5.74) is 2.49. The molecule has 21 heteroatoms. The number of rotatable bonds is 10. The molecule has 7 rings (SSSR count). The SMILES string of the molecule is O=C(O)C(F)(F)F.O=C(O)C(F)(F)F.O=S(=O)(c1cccs1)N(CC1CC1)c1cccc2cc(-c3ncc(CN4CCN(CC5CCCO5)CC4)s3)[nH]c12. The zero-order valence-electron chi connectivity index (χ0n) is 28.5. The Morgan fingerprint density at radius 1 is 0.963 bits per heavy atom. The van der Waals surface area contributed by atoms with E-state index >= 15 is 0 Å². The van der Waals surface area contributed by atoms with Crippen LogP contribution in [0.1, 0.15) is 30.6 Å². The summed E-state index contributed by atoms with van der Waals surface area (Å²) in [6, 6.07) is 11.5. The number of nitrogens with one attached hydrogen (secondary N) is 1. The van der Waals surface area contributed by atoms with E-state index in [0.717, 1.165) is 80.3 Å². The second kappa shape index (κ2) is 17.4. The first kappa shape index (κ1) is 41.4. The zero-order chi connectivity index (χ0) is 39.3. The van der Waals surface area contributed by atoms with Crippen molar-refractivity contribution in [3.63, 3.8) is 0 Å². The highest BCUT2D eigenvalue weighted by atomic mass is 32.2. The molecule has 4 aromatic rings. The number of hydrogen-bond donors (Lipinski definition) is 3. The number of aromatic nitrogens is 2. The van der Waals surface area contributed by atoms with Crippen molar-refractivity contribution in [2.45, 2.75) is 54.9 Å². The van der Waals surface area contributed by atoms with E-state index < -0.39 is 34.3 Å². The molecule has 3 fully saturated rings. The maximum Gasteiger partial charge on any atom is 0.490 e. The molecule has 0 spiro atoms. The molecule has 1 atom stereocenters. The van der Waals surface area contributed by atoms with Crippen LogP contribution in [0.5, 0.6) is 0 Å². The summed E-state index contributed by atoms with van der Waals surface area (Å²) in [5.74, 6) is -5.10. The van der Waals surface area contributed by atoms with Crippen molar-refractivity contribution in [2.75, 3.05) is 50.2 Å². The first-order valence-electron chi connectivity index (χ1n) is 16.7. The van der Waals surface area contributed by atoms with Crippen LogP contribution in [0.15, 0.2) is 52.2 Å². The molecule has 0 radical (unpaired) electrons. The third-order valence-corrected chi connectivity index (χ3v) is 12.8. The van der Waals surface area contributed by atoms with Crippen LogP contribution in [0.3, 0.4) is 0 Å². The van der Waals surface area contributed by atoms with Crippen LogP contribution < -0.4 is 4.31 Å². The van der Waals surface area contributed by atoms with Crippen molar-refractivity contribution in [1.29, 1.82) is 0 Å². The quantitative estimate of drug-likeness (QED) is 0.151. The molecular weight excluding hydrogens is 789 g/mol. The summed E-state index contributed by atoms with van der Waals surface area (Å²) >= 11 is 2.98. The van der Waals surface area contributed by atoms with Crippen LogP contribution in [-0.4, -0.2) is 115 Å². The Labute approximate surface area is 314 Å². The molecule has 0 bridgehead atoms. The number of thiazole rings is 1. The number of alkyl halides is 6. The van der Waals surface area contributed by atoms with Gasteiger partial charge in [-0.2, -0.15) is 26.3 Å². The molecule has 296 valence electrons. The highest BCUT2D eigenvalue weighted by Crippen LogP contribution is 2.39. The third-order valence-electron chi connectivity index (χ3n) is 8.66. The van der Waals surface area contributed by atoms with E-state index in [1.807, 2.05) is 29.8 Å². The van der Waals surface area contributed by atoms with Gasteiger partial charge in [0.2, 0.25) is 0 Å². The number of benzene rings is 1. The van der Waals surface area contributed by atoms with Crippen molar-refractivity contribution in [2.24, 2.45) is 5.92 Å². The number of halogens is 6. The van der Waals surface area contributed by atoms with Gasteiger partial charge >= 0.3 is 24.3 Å². The van der Waals surface area contributed by atoms with Gasteiger partial charge in [0.05, 0.1) is 23.0 Å². The van der Waals surface area contributed by atoms with Gasteiger partial charge in [-0.1, -0.05) is 18.2 Å². The zero-order valence-corrected chi connectivity index (χ0v) is 30.9. The third kappa shape index (κ3) is 11.2. The Hall–Kier alpha value is -3.76. The van der Waals surface area contributed by atoms with E-state index in [2.05, 4.69) is 20.9 Å². The number of carbonyl (C=O) groups is 2. The Morgan fingerprint density at radius 3 is 2.17 bits per heavy atom. The molecule has 12 nitrogen and oxygen atoms in total. The Morgan fingerprint density at radius 2 is 1.61 bits per heavy atom. The fourth-order valence-corrected chi connectivity index (χ4v) is 9.36. The van der Waals surface area contributed by atoms with Gasteiger partial charge in [0.1, 0.15) is 9.22 Å². The molecular formula is C33H37F6N5O7S3. The summed E-state index contributed by atoms with van der Waals surface area (Å²) in [6.07, 6.45) is -3.21. The minimum atomic E-state index is -5.08. The van der Waals surface area contributed by atoms with Gasteiger partial charge in [-0.15, -0.1) is 22.7 Å². The molecule has 2 aliphatic heterocycles. The van der Waals surface area contributed by atoms with Crippen molar-refractivity contribution in [3.8, 4) is 10.7 Å².